The second kappa shape index (κ2) is 3.94. The first kappa shape index (κ1) is 13.3. The van der Waals surface area contributed by atoms with Gasteiger partial charge in [0.2, 0.25) is 0 Å². The molecule has 0 aromatic heterocycles. The Kier molecular flexibility index (Phi) is 2.27. The van der Waals surface area contributed by atoms with Crippen molar-refractivity contribution in [1.29, 1.82) is 0 Å². The van der Waals surface area contributed by atoms with Gasteiger partial charge in [0.25, 0.3) is 0 Å². The van der Waals surface area contributed by atoms with E-state index in [1.807, 2.05) is 0 Å². The summed E-state index contributed by atoms with van der Waals surface area (Å²) < 4.78 is 0. The lowest BCUT2D eigenvalue weighted by Crippen LogP contribution is -2.69. The van der Waals surface area contributed by atoms with E-state index in [9.17, 15) is 5.11 Å². The molecular formula is C20H26N2O. The van der Waals surface area contributed by atoms with Crippen LogP contribution in [-0.4, -0.2) is 47.8 Å². The predicted molar refractivity (Wildman–Crippen MR) is 90.6 cm³/mol. The van der Waals surface area contributed by atoms with Gasteiger partial charge >= 0.3 is 0 Å². The van der Waals surface area contributed by atoms with Crippen LogP contribution in [0.3, 0.4) is 0 Å². The number of aliphatic hydroxyl groups excluding tert-OH is 1. The zero-order chi connectivity index (χ0) is 15.5. The van der Waals surface area contributed by atoms with Gasteiger partial charge in [-0.2, -0.15) is 0 Å². The minimum Gasteiger partial charge on any atom is -0.392 e. The first-order valence-electron chi connectivity index (χ1n) is 9.44. The Morgan fingerprint density at radius 2 is 2.09 bits per heavy atom. The van der Waals surface area contributed by atoms with Crippen molar-refractivity contribution in [3.8, 4) is 0 Å². The lowest BCUT2D eigenvalue weighted by molar-refractivity contribution is -0.100. The smallest absolute Gasteiger partial charge is 0.0704 e. The number of hydrogen-bond acceptors (Lipinski definition) is 3. The molecule has 0 amide bonds. The Balaban J connectivity index is 1.59. The monoisotopic (exact) mass is 310 g/mol. The molecule has 5 aliphatic heterocycles. The first-order chi connectivity index (χ1) is 11.2. The highest BCUT2D eigenvalue weighted by Crippen LogP contribution is 2.67. The summed E-state index contributed by atoms with van der Waals surface area (Å²) in [7, 11) is 2.27. The lowest BCUT2D eigenvalue weighted by Gasteiger charge is -2.60. The number of anilines is 1. The molecule has 9 atom stereocenters. The van der Waals surface area contributed by atoms with Gasteiger partial charge in [0.15, 0.2) is 0 Å². The Morgan fingerprint density at radius 3 is 2.91 bits per heavy atom. The van der Waals surface area contributed by atoms with Gasteiger partial charge in [-0.3, -0.25) is 4.90 Å². The zero-order valence-corrected chi connectivity index (χ0v) is 14.0. The summed E-state index contributed by atoms with van der Waals surface area (Å²) in [5.41, 5.74) is 2.81. The van der Waals surface area contributed by atoms with Crippen molar-refractivity contribution >= 4 is 5.69 Å². The molecule has 1 aromatic rings. The lowest BCUT2D eigenvalue weighted by atomic mass is 9.63. The molecule has 4 saturated heterocycles. The molecule has 1 N–H and O–H groups in total. The predicted octanol–water partition coefficient (Wildman–Crippen LogP) is 2.24. The quantitative estimate of drug-likeness (QED) is 0.862. The van der Waals surface area contributed by atoms with Crippen molar-refractivity contribution in [2.45, 2.75) is 55.8 Å². The average Bonchev–Trinajstić information content (AvgIpc) is 2.98. The number of rotatable bonds is 1. The molecule has 7 rings (SSSR count). The van der Waals surface area contributed by atoms with Crippen LogP contribution in [-0.2, 0) is 5.41 Å². The van der Waals surface area contributed by atoms with Crippen molar-refractivity contribution in [2.75, 3.05) is 18.5 Å². The van der Waals surface area contributed by atoms with Gasteiger partial charge in [-0.1, -0.05) is 31.5 Å². The highest BCUT2D eigenvalue weighted by atomic mass is 16.3. The van der Waals surface area contributed by atoms with Crippen molar-refractivity contribution in [3.63, 3.8) is 0 Å². The van der Waals surface area contributed by atoms with Gasteiger partial charge < -0.3 is 10.0 Å². The van der Waals surface area contributed by atoms with E-state index in [0.29, 0.717) is 24.0 Å². The Morgan fingerprint density at radius 1 is 1.26 bits per heavy atom. The van der Waals surface area contributed by atoms with E-state index < -0.39 is 0 Å². The molecule has 23 heavy (non-hydrogen) atoms. The molecule has 5 fully saturated rings. The molecule has 2 unspecified atom stereocenters. The third kappa shape index (κ3) is 1.21. The van der Waals surface area contributed by atoms with Gasteiger partial charge in [-0.25, -0.2) is 0 Å². The molecule has 5 heterocycles. The molecule has 3 heteroatoms. The van der Waals surface area contributed by atoms with Crippen molar-refractivity contribution in [1.82, 2.24) is 4.90 Å². The molecule has 1 aromatic carbocycles. The molecule has 0 radical (unpaired) electrons. The number of para-hydroxylation sites is 1. The van der Waals surface area contributed by atoms with Crippen LogP contribution in [0.5, 0.6) is 0 Å². The minimum atomic E-state index is -0.155. The van der Waals surface area contributed by atoms with E-state index in [1.54, 1.807) is 0 Å². The van der Waals surface area contributed by atoms with Crippen LogP contribution in [0.2, 0.25) is 0 Å². The SMILES string of the molecule is CC[C@@H]1CN2[C@H]3C[C@@]45c6ccccc6N(C)[C@H]4[C@@H]2C[C@@H]1[C@@H]3C5O. The maximum absolute atomic E-state index is 11.6. The van der Waals surface area contributed by atoms with Gasteiger partial charge in [-0.05, 0) is 36.3 Å². The van der Waals surface area contributed by atoms with E-state index in [-0.39, 0.29) is 11.5 Å². The third-order valence-corrected chi connectivity index (χ3v) is 8.41. The minimum absolute atomic E-state index is 0.000769. The molecule has 122 valence electrons. The average molecular weight is 310 g/mol. The molecule has 6 aliphatic rings. The van der Waals surface area contributed by atoms with Gasteiger partial charge in [-0.15, -0.1) is 0 Å². The van der Waals surface area contributed by atoms with Gasteiger partial charge in [0.05, 0.1) is 12.1 Å². The number of hydrogen-bond donors (Lipinski definition) is 1. The number of piperidine rings is 4. The molecule has 1 aliphatic carbocycles. The second-order valence-corrected chi connectivity index (χ2v) is 8.74. The summed E-state index contributed by atoms with van der Waals surface area (Å²) in [6, 6.07) is 10.6. The number of likely N-dealkylation sites (N-methyl/N-ethyl adjacent to an activating group) is 1. The summed E-state index contributed by atoms with van der Waals surface area (Å²) in [6.45, 7) is 3.62. The van der Waals surface area contributed by atoms with E-state index in [0.717, 1.165) is 11.8 Å². The zero-order valence-electron chi connectivity index (χ0n) is 14.0. The molecule has 5 bridgehead atoms. The van der Waals surface area contributed by atoms with E-state index in [2.05, 4.69) is 48.0 Å². The van der Waals surface area contributed by atoms with E-state index >= 15 is 0 Å². The summed E-state index contributed by atoms with van der Waals surface area (Å²) >= 11 is 0. The van der Waals surface area contributed by atoms with E-state index in [4.69, 9.17) is 0 Å². The summed E-state index contributed by atoms with van der Waals surface area (Å²) in [4.78, 5) is 5.34. The fraction of sp³-hybridized carbons (Fsp3) is 0.700. The first-order valence-corrected chi connectivity index (χ1v) is 9.44. The van der Waals surface area contributed by atoms with E-state index in [1.165, 1.54) is 37.1 Å². The molecular weight excluding hydrogens is 284 g/mol. The number of fused-ring (bicyclic) bond motifs is 2. The largest absolute Gasteiger partial charge is 0.392 e. The fourth-order valence-electron chi connectivity index (χ4n) is 7.75. The van der Waals surface area contributed by atoms with Gasteiger partial charge in [0, 0.05) is 42.7 Å². The Labute approximate surface area is 138 Å². The summed E-state index contributed by atoms with van der Waals surface area (Å²) in [6.07, 6.45) is 3.60. The van der Waals surface area contributed by atoms with Crippen LogP contribution in [0.15, 0.2) is 24.3 Å². The highest BCUT2D eigenvalue weighted by Gasteiger charge is 2.74. The number of benzene rings is 1. The maximum Gasteiger partial charge on any atom is 0.0704 e. The second-order valence-electron chi connectivity index (χ2n) is 8.74. The third-order valence-electron chi connectivity index (χ3n) is 8.41. The Bertz CT molecular complexity index is 690. The normalized spacial score (nSPS) is 54.5. The van der Waals surface area contributed by atoms with Crippen molar-refractivity contribution in [2.24, 2.45) is 17.8 Å². The van der Waals surface area contributed by atoms with Crippen molar-refractivity contribution < 1.29 is 5.11 Å². The maximum atomic E-state index is 11.6. The van der Waals surface area contributed by atoms with Crippen LogP contribution in [0, 0.1) is 17.8 Å². The molecule has 1 saturated carbocycles. The van der Waals surface area contributed by atoms with Crippen LogP contribution in [0.1, 0.15) is 31.7 Å². The van der Waals surface area contributed by atoms with Crippen LogP contribution in [0.25, 0.3) is 0 Å². The van der Waals surface area contributed by atoms with Crippen LogP contribution >= 0.6 is 0 Å². The van der Waals surface area contributed by atoms with Crippen molar-refractivity contribution in [3.05, 3.63) is 29.8 Å². The summed E-state index contributed by atoms with van der Waals surface area (Å²) in [5.74, 6) is 2.06. The van der Waals surface area contributed by atoms with Crippen LogP contribution < -0.4 is 4.90 Å². The van der Waals surface area contributed by atoms with Gasteiger partial charge in [0.1, 0.15) is 0 Å². The molecule has 3 nitrogen and oxygen atoms in total. The summed E-state index contributed by atoms with van der Waals surface area (Å²) in [5, 5.41) is 11.6. The standard InChI is InChI=1S/C20H26N2O/c1-3-11-10-22-15-8-12(11)17-16(22)9-20(19(17)23)13-6-4-5-7-14(13)21(2)18(15)20/h4-7,11-12,15-19,23H,3,8-10H2,1-2H3/t11-,12+,15+,16+,17+,18+,19?,20-/m1/s1. The number of aliphatic hydroxyl groups is 1. The molecule has 1 spiro atoms. The fourth-order valence-corrected chi connectivity index (χ4v) is 7.75. The number of nitrogens with zero attached hydrogens (tertiary/aromatic N) is 2. The van der Waals surface area contributed by atoms with Crippen LogP contribution in [0.4, 0.5) is 5.69 Å². The highest BCUT2D eigenvalue weighted by molar-refractivity contribution is 5.67. The Hall–Kier alpha value is -1.06. The topological polar surface area (TPSA) is 26.7 Å².